The fourth-order valence-corrected chi connectivity index (χ4v) is 1.06. The maximum absolute atomic E-state index is 3.44. The van der Waals surface area contributed by atoms with E-state index in [1.807, 2.05) is 13.8 Å². The topological polar surface area (TPSA) is 12.0 Å². The molecule has 0 amide bonds. The van der Waals surface area contributed by atoms with Crippen molar-refractivity contribution in [2.75, 3.05) is 13.1 Å². The maximum atomic E-state index is 3.44. The lowest BCUT2D eigenvalue weighted by Gasteiger charge is -2.11. The molecule has 0 rings (SSSR count). The summed E-state index contributed by atoms with van der Waals surface area (Å²) in [4.78, 5) is 0. The Kier molecular flexibility index (Phi) is 16.3. The van der Waals surface area contributed by atoms with Crippen LogP contribution < -0.4 is 5.32 Å². The number of rotatable bonds is 6. The van der Waals surface area contributed by atoms with E-state index in [0.29, 0.717) is 0 Å². The second-order valence-corrected chi connectivity index (χ2v) is 2.89. The van der Waals surface area contributed by atoms with E-state index >= 15 is 0 Å². The fraction of sp³-hybridized carbons (Fsp3) is 1.00. The first-order valence-corrected chi connectivity index (χ1v) is 5.55. The first kappa shape index (κ1) is 14.5. The van der Waals surface area contributed by atoms with Gasteiger partial charge < -0.3 is 5.32 Å². The molecule has 0 saturated heterocycles. The molecule has 0 aliphatic carbocycles. The summed E-state index contributed by atoms with van der Waals surface area (Å²) >= 11 is 0. The molecule has 76 valence electrons. The molecule has 0 heterocycles. The predicted octanol–water partition coefficient (Wildman–Crippen LogP) is 3.45. The van der Waals surface area contributed by atoms with E-state index in [9.17, 15) is 0 Å². The summed E-state index contributed by atoms with van der Waals surface area (Å²) in [6.07, 6.45) is 3.88. The van der Waals surface area contributed by atoms with Gasteiger partial charge in [-0.3, -0.25) is 0 Å². The molecule has 1 heteroatoms. The van der Waals surface area contributed by atoms with Crippen LogP contribution in [0.15, 0.2) is 0 Å². The lowest BCUT2D eigenvalue weighted by molar-refractivity contribution is 0.450. The monoisotopic (exact) mass is 173 g/mol. The molecule has 0 fully saturated rings. The van der Waals surface area contributed by atoms with E-state index in [1.165, 1.54) is 32.4 Å². The molecule has 1 nitrogen and oxygen atoms in total. The van der Waals surface area contributed by atoms with Gasteiger partial charge in [-0.2, -0.15) is 0 Å². The highest BCUT2D eigenvalue weighted by molar-refractivity contribution is 4.57. The Labute approximate surface area is 78.9 Å². The molecule has 0 saturated carbocycles. The highest BCUT2D eigenvalue weighted by Crippen LogP contribution is 2.04. The van der Waals surface area contributed by atoms with E-state index in [-0.39, 0.29) is 0 Å². The standard InChI is InChI=1S/C9H21N.C2H6/c1-4-7-10-8-9(5-2)6-3;1-2/h9-10H,4-8H2,1-3H3;1-2H3. The second-order valence-electron chi connectivity index (χ2n) is 2.89. The molecule has 0 aliphatic rings. The normalized spacial score (nSPS) is 9.50. The second kappa shape index (κ2) is 13.5. The zero-order chi connectivity index (χ0) is 9.82. The number of nitrogens with one attached hydrogen (secondary N) is 1. The molecule has 0 aromatic heterocycles. The summed E-state index contributed by atoms with van der Waals surface area (Å²) in [6.45, 7) is 13.1. The number of hydrogen-bond donors (Lipinski definition) is 1. The van der Waals surface area contributed by atoms with Crippen LogP contribution in [0.25, 0.3) is 0 Å². The van der Waals surface area contributed by atoms with Crippen LogP contribution in [-0.2, 0) is 0 Å². The van der Waals surface area contributed by atoms with Gasteiger partial charge in [-0.05, 0) is 25.4 Å². The van der Waals surface area contributed by atoms with Crippen molar-refractivity contribution in [1.82, 2.24) is 5.32 Å². The van der Waals surface area contributed by atoms with Crippen molar-refractivity contribution in [3.05, 3.63) is 0 Å². The predicted molar refractivity (Wildman–Crippen MR) is 58.6 cm³/mol. The van der Waals surface area contributed by atoms with Crippen molar-refractivity contribution >= 4 is 0 Å². The highest BCUT2D eigenvalue weighted by Gasteiger charge is 2.00. The Bertz CT molecular complexity index is 58.0. The Hall–Kier alpha value is -0.0400. The van der Waals surface area contributed by atoms with Gasteiger partial charge in [-0.1, -0.05) is 47.5 Å². The van der Waals surface area contributed by atoms with Crippen LogP contribution in [0.1, 0.15) is 53.9 Å². The molecule has 1 N–H and O–H groups in total. The van der Waals surface area contributed by atoms with Gasteiger partial charge >= 0.3 is 0 Å². The number of hydrogen-bond acceptors (Lipinski definition) is 1. The Morgan fingerprint density at radius 2 is 1.50 bits per heavy atom. The van der Waals surface area contributed by atoms with E-state index in [0.717, 1.165) is 5.92 Å². The van der Waals surface area contributed by atoms with E-state index < -0.39 is 0 Å². The third-order valence-electron chi connectivity index (χ3n) is 2.01. The van der Waals surface area contributed by atoms with Crippen molar-refractivity contribution < 1.29 is 0 Å². The third kappa shape index (κ3) is 9.96. The highest BCUT2D eigenvalue weighted by atomic mass is 14.8. The van der Waals surface area contributed by atoms with Gasteiger partial charge in [0.2, 0.25) is 0 Å². The first-order chi connectivity index (χ1) is 5.85. The first-order valence-electron chi connectivity index (χ1n) is 5.55. The van der Waals surface area contributed by atoms with Gasteiger partial charge in [0.25, 0.3) is 0 Å². The minimum absolute atomic E-state index is 0.895. The van der Waals surface area contributed by atoms with Crippen molar-refractivity contribution in [1.29, 1.82) is 0 Å². The molecular formula is C11H27N. The van der Waals surface area contributed by atoms with Crippen LogP contribution in [0.5, 0.6) is 0 Å². The molecule has 0 aromatic rings. The SMILES string of the molecule is CC.CCCNCC(CC)CC. The molecule has 0 unspecified atom stereocenters. The van der Waals surface area contributed by atoms with Crippen molar-refractivity contribution in [2.24, 2.45) is 5.92 Å². The van der Waals surface area contributed by atoms with E-state index in [4.69, 9.17) is 0 Å². The van der Waals surface area contributed by atoms with Crippen LogP contribution in [0.3, 0.4) is 0 Å². The average molecular weight is 173 g/mol. The average Bonchev–Trinajstić information content (AvgIpc) is 2.16. The van der Waals surface area contributed by atoms with Crippen LogP contribution in [0.2, 0.25) is 0 Å². The largest absolute Gasteiger partial charge is 0.316 e. The molecule has 12 heavy (non-hydrogen) atoms. The Balaban J connectivity index is 0. The van der Waals surface area contributed by atoms with Gasteiger partial charge in [0.1, 0.15) is 0 Å². The van der Waals surface area contributed by atoms with Crippen molar-refractivity contribution in [3.8, 4) is 0 Å². The molecule has 0 radical (unpaired) electrons. The summed E-state index contributed by atoms with van der Waals surface area (Å²) in [7, 11) is 0. The van der Waals surface area contributed by atoms with Gasteiger partial charge in [0, 0.05) is 0 Å². The zero-order valence-electron chi connectivity index (χ0n) is 9.61. The van der Waals surface area contributed by atoms with Gasteiger partial charge in [0.15, 0.2) is 0 Å². The van der Waals surface area contributed by atoms with Crippen molar-refractivity contribution in [3.63, 3.8) is 0 Å². The quantitative estimate of drug-likeness (QED) is 0.607. The molecule has 0 aromatic carbocycles. The lowest BCUT2D eigenvalue weighted by atomic mass is 10.0. The Morgan fingerprint density at radius 3 is 1.83 bits per heavy atom. The minimum atomic E-state index is 0.895. The van der Waals surface area contributed by atoms with Crippen molar-refractivity contribution in [2.45, 2.75) is 53.9 Å². The molecular weight excluding hydrogens is 146 g/mol. The summed E-state index contributed by atoms with van der Waals surface area (Å²) in [5.74, 6) is 0.895. The molecule has 0 bridgehead atoms. The summed E-state index contributed by atoms with van der Waals surface area (Å²) in [5.41, 5.74) is 0. The van der Waals surface area contributed by atoms with Gasteiger partial charge in [-0.25, -0.2) is 0 Å². The Morgan fingerprint density at radius 1 is 1.00 bits per heavy atom. The van der Waals surface area contributed by atoms with Gasteiger partial charge in [0.05, 0.1) is 0 Å². The molecule has 0 aliphatic heterocycles. The van der Waals surface area contributed by atoms with Gasteiger partial charge in [-0.15, -0.1) is 0 Å². The summed E-state index contributed by atoms with van der Waals surface area (Å²) < 4.78 is 0. The third-order valence-corrected chi connectivity index (χ3v) is 2.01. The summed E-state index contributed by atoms with van der Waals surface area (Å²) in [5, 5.41) is 3.44. The van der Waals surface area contributed by atoms with Crippen LogP contribution in [-0.4, -0.2) is 13.1 Å². The van der Waals surface area contributed by atoms with Crippen LogP contribution in [0.4, 0.5) is 0 Å². The summed E-state index contributed by atoms with van der Waals surface area (Å²) in [6, 6.07) is 0. The van der Waals surface area contributed by atoms with E-state index in [2.05, 4.69) is 26.1 Å². The fourth-order valence-electron chi connectivity index (χ4n) is 1.06. The molecule has 0 spiro atoms. The van der Waals surface area contributed by atoms with E-state index in [1.54, 1.807) is 0 Å². The molecule has 0 atom stereocenters. The van der Waals surface area contributed by atoms with Crippen LogP contribution >= 0.6 is 0 Å². The van der Waals surface area contributed by atoms with Crippen LogP contribution in [0, 0.1) is 5.92 Å². The lowest BCUT2D eigenvalue weighted by Crippen LogP contribution is -2.22. The zero-order valence-corrected chi connectivity index (χ0v) is 9.61. The minimum Gasteiger partial charge on any atom is -0.316 e. The maximum Gasteiger partial charge on any atom is -0.00207 e. The smallest absolute Gasteiger partial charge is 0.00207 e.